The first-order valence-corrected chi connectivity index (χ1v) is 8.06. The molecule has 1 rings (SSSR count). The minimum Gasteiger partial charge on any atom is -0.315 e. The van der Waals surface area contributed by atoms with E-state index in [1.54, 1.807) is 20.2 Å². The van der Waals surface area contributed by atoms with Crippen LogP contribution in [0.4, 0.5) is 0 Å². The van der Waals surface area contributed by atoms with Gasteiger partial charge in [0.05, 0.1) is 5.25 Å². The second-order valence-electron chi connectivity index (χ2n) is 4.10. The summed E-state index contributed by atoms with van der Waals surface area (Å²) in [4.78, 5) is 4.25. The molecule has 0 aromatic carbocycles. The van der Waals surface area contributed by atoms with E-state index in [1.807, 2.05) is 12.1 Å². The van der Waals surface area contributed by atoms with Gasteiger partial charge in [0.1, 0.15) is 0 Å². The molecule has 96 valence electrons. The first kappa shape index (κ1) is 14.6. The van der Waals surface area contributed by atoms with Crippen molar-refractivity contribution < 1.29 is 8.42 Å². The summed E-state index contributed by atoms with van der Waals surface area (Å²) in [5.41, 5.74) is 0.878. The Morgan fingerprint density at radius 3 is 2.53 bits per heavy atom. The molecular weight excluding hydrogens is 304 g/mol. The molecule has 0 aliphatic rings. The van der Waals surface area contributed by atoms with E-state index in [2.05, 4.69) is 26.2 Å². The molecule has 0 aliphatic carbocycles. The Labute approximate surface area is 111 Å². The van der Waals surface area contributed by atoms with Gasteiger partial charge in [-0.25, -0.2) is 8.42 Å². The first-order valence-electron chi connectivity index (χ1n) is 5.31. The molecule has 0 amide bonds. The number of hydrogen-bond acceptors (Lipinski definition) is 4. The Morgan fingerprint density at radius 2 is 2.12 bits per heavy atom. The zero-order chi connectivity index (χ0) is 13.1. The van der Waals surface area contributed by atoms with Gasteiger partial charge in [-0.2, -0.15) is 0 Å². The van der Waals surface area contributed by atoms with Crippen molar-refractivity contribution in [3.63, 3.8) is 0 Å². The van der Waals surface area contributed by atoms with E-state index in [-0.39, 0.29) is 6.04 Å². The molecule has 1 aromatic rings. The molecular formula is C11H17BrN2O2S. The van der Waals surface area contributed by atoms with Crippen molar-refractivity contribution in [1.29, 1.82) is 0 Å². The number of likely N-dealkylation sites (N-methyl/N-ethyl adjacent to an activating group) is 1. The average molecular weight is 321 g/mol. The third-order valence-corrected chi connectivity index (χ3v) is 4.98. The number of nitrogens with one attached hydrogen (secondary N) is 1. The summed E-state index contributed by atoms with van der Waals surface area (Å²) in [6.07, 6.45) is 3.57. The summed E-state index contributed by atoms with van der Waals surface area (Å²) in [7, 11) is -1.27. The summed E-state index contributed by atoms with van der Waals surface area (Å²) < 4.78 is 23.9. The molecule has 6 heteroatoms. The maximum atomic E-state index is 11.5. The van der Waals surface area contributed by atoms with Crippen LogP contribution in [0.25, 0.3) is 0 Å². The van der Waals surface area contributed by atoms with Crippen molar-refractivity contribution in [3.8, 4) is 0 Å². The Hall–Kier alpha value is -0.460. The van der Waals surface area contributed by atoms with Crippen molar-refractivity contribution >= 4 is 25.8 Å². The fourth-order valence-corrected chi connectivity index (χ4v) is 2.62. The summed E-state index contributed by atoms with van der Waals surface area (Å²) >= 11 is 3.32. The fourth-order valence-electron chi connectivity index (χ4n) is 1.55. The molecule has 0 spiro atoms. The van der Waals surface area contributed by atoms with Crippen LogP contribution in [0.1, 0.15) is 12.6 Å². The molecule has 0 aliphatic heterocycles. The second kappa shape index (κ2) is 5.93. The minimum atomic E-state index is -3.04. The Bertz CT molecular complexity index is 459. The Balaban J connectivity index is 2.80. The molecule has 1 heterocycles. The number of rotatable bonds is 5. The van der Waals surface area contributed by atoms with Crippen molar-refractivity contribution in [1.82, 2.24) is 10.3 Å². The zero-order valence-corrected chi connectivity index (χ0v) is 12.5. The predicted octanol–water partition coefficient (Wildman–Crippen LogP) is 1.41. The molecule has 1 aromatic heterocycles. The fraction of sp³-hybridized carbons (Fsp3) is 0.545. The van der Waals surface area contributed by atoms with E-state index >= 15 is 0 Å². The number of nitrogens with zero attached hydrogens (tertiary/aromatic N) is 1. The molecule has 17 heavy (non-hydrogen) atoms. The zero-order valence-electron chi connectivity index (χ0n) is 10.1. The van der Waals surface area contributed by atoms with Crippen LogP contribution in [0.15, 0.2) is 22.8 Å². The lowest BCUT2D eigenvalue weighted by molar-refractivity contribution is 0.513. The molecule has 4 nitrogen and oxygen atoms in total. The number of halogens is 1. The van der Waals surface area contributed by atoms with Crippen LogP contribution in [0, 0.1) is 0 Å². The van der Waals surface area contributed by atoms with Crippen molar-refractivity contribution in [2.75, 3.05) is 13.3 Å². The van der Waals surface area contributed by atoms with E-state index in [4.69, 9.17) is 0 Å². The number of hydrogen-bond donors (Lipinski definition) is 1. The smallest absolute Gasteiger partial charge is 0.151 e. The van der Waals surface area contributed by atoms with Crippen LogP contribution in [0.5, 0.6) is 0 Å². The second-order valence-corrected chi connectivity index (χ2v) is 7.42. The molecule has 0 saturated carbocycles. The topological polar surface area (TPSA) is 59.1 Å². The molecule has 1 N–H and O–H groups in total. The lowest BCUT2D eigenvalue weighted by Gasteiger charge is -2.21. The van der Waals surface area contributed by atoms with Crippen LogP contribution < -0.4 is 5.32 Å². The van der Waals surface area contributed by atoms with Crippen molar-refractivity contribution in [3.05, 3.63) is 28.5 Å². The van der Waals surface area contributed by atoms with Gasteiger partial charge >= 0.3 is 0 Å². The quantitative estimate of drug-likeness (QED) is 0.891. The summed E-state index contributed by atoms with van der Waals surface area (Å²) in [6, 6.07) is 3.67. The summed E-state index contributed by atoms with van der Waals surface area (Å²) in [6.45, 7) is 1.72. The molecule has 2 atom stereocenters. The molecule has 0 saturated heterocycles. The molecule has 0 fully saturated rings. The maximum Gasteiger partial charge on any atom is 0.151 e. The minimum absolute atomic E-state index is 0.126. The highest BCUT2D eigenvalue weighted by Gasteiger charge is 2.25. The highest BCUT2D eigenvalue weighted by atomic mass is 79.9. The lowest BCUT2D eigenvalue weighted by Crippen LogP contribution is -2.42. The number of aromatic nitrogens is 1. The summed E-state index contributed by atoms with van der Waals surface area (Å²) in [5, 5.41) is 2.61. The largest absolute Gasteiger partial charge is 0.315 e. The number of sulfone groups is 1. The standard InChI is InChI=1S/C11H17BrN2O2S/c1-8(17(3,15)16)11(13-2)6-10-5-4-9(12)7-14-10/h4-5,7-8,11,13H,6H2,1-3H3. The Morgan fingerprint density at radius 1 is 1.47 bits per heavy atom. The normalized spacial score (nSPS) is 15.5. The van der Waals surface area contributed by atoms with E-state index < -0.39 is 15.1 Å². The van der Waals surface area contributed by atoms with E-state index in [9.17, 15) is 8.42 Å². The van der Waals surface area contributed by atoms with Gasteiger partial charge in [0.15, 0.2) is 9.84 Å². The third-order valence-electron chi connectivity index (χ3n) is 2.83. The van der Waals surface area contributed by atoms with Gasteiger partial charge in [0.2, 0.25) is 0 Å². The summed E-state index contributed by atoms with van der Waals surface area (Å²) in [5.74, 6) is 0. The first-order chi connectivity index (χ1) is 7.84. The highest BCUT2D eigenvalue weighted by molar-refractivity contribution is 9.10. The SMILES string of the molecule is CNC(Cc1ccc(Br)cn1)C(C)S(C)(=O)=O. The van der Waals surface area contributed by atoms with Crippen LogP contribution in [0.2, 0.25) is 0 Å². The van der Waals surface area contributed by atoms with Gasteiger partial charge in [-0.15, -0.1) is 0 Å². The lowest BCUT2D eigenvalue weighted by atomic mass is 10.1. The van der Waals surface area contributed by atoms with Gasteiger partial charge in [-0.3, -0.25) is 4.98 Å². The predicted molar refractivity (Wildman–Crippen MR) is 72.8 cm³/mol. The Kier molecular flexibility index (Phi) is 5.09. The van der Waals surface area contributed by atoms with Gasteiger partial charge in [0, 0.05) is 35.1 Å². The van der Waals surface area contributed by atoms with Crippen LogP contribution in [-0.4, -0.2) is 38.0 Å². The highest BCUT2D eigenvalue weighted by Crippen LogP contribution is 2.12. The van der Waals surface area contributed by atoms with E-state index in [0.717, 1.165) is 10.2 Å². The molecule has 2 unspecified atom stereocenters. The number of pyridine rings is 1. The van der Waals surface area contributed by atoms with E-state index in [0.29, 0.717) is 6.42 Å². The van der Waals surface area contributed by atoms with Gasteiger partial charge < -0.3 is 5.32 Å². The van der Waals surface area contributed by atoms with Gasteiger partial charge in [-0.1, -0.05) is 0 Å². The molecule has 0 bridgehead atoms. The van der Waals surface area contributed by atoms with Crippen LogP contribution >= 0.6 is 15.9 Å². The monoisotopic (exact) mass is 320 g/mol. The van der Waals surface area contributed by atoms with Gasteiger partial charge in [0.25, 0.3) is 0 Å². The third kappa shape index (κ3) is 4.37. The van der Waals surface area contributed by atoms with Crippen LogP contribution in [0.3, 0.4) is 0 Å². The average Bonchev–Trinajstić information content (AvgIpc) is 2.26. The molecule has 0 radical (unpaired) electrons. The van der Waals surface area contributed by atoms with E-state index in [1.165, 1.54) is 6.26 Å². The van der Waals surface area contributed by atoms with Crippen LogP contribution in [-0.2, 0) is 16.3 Å². The van der Waals surface area contributed by atoms with Crippen molar-refractivity contribution in [2.24, 2.45) is 0 Å². The maximum absolute atomic E-state index is 11.5. The van der Waals surface area contributed by atoms with Gasteiger partial charge in [-0.05, 0) is 42.0 Å². The van der Waals surface area contributed by atoms with Crippen molar-refractivity contribution in [2.45, 2.75) is 24.6 Å².